The maximum absolute atomic E-state index is 12.3. The summed E-state index contributed by atoms with van der Waals surface area (Å²) in [6.07, 6.45) is 4.84. The fourth-order valence-corrected chi connectivity index (χ4v) is 3.87. The number of thioether (sulfide) groups is 1. The van der Waals surface area contributed by atoms with Gasteiger partial charge in [0.2, 0.25) is 5.91 Å². The van der Waals surface area contributed by atoms with E-state index in [1.165, 1.54) is 18.1 Å². The number of carbonyl (C=O) groups excluding carboxylic acids is 2. The van der Waals surface area contributed by atoms with Gasteiger partial charge in [0.05, 0.1) is 17.6 Å². The molecule has 0 saturated carbocycles. The molecule has 2 aromatic rings. The minimum atomic E-state index is 0.0264. The Kier molecular flexibility index (Phi) is 6.77. The highest BCUT2D eigenvalue weighted by Gasteiger charge is 2.24. The third kappa shape index (κ3) is 5.39. The van der Waals surface area contributed by atoms with E-state index in [0.717, 1.165) is 31.7 Å². The van der Waals surface area contributed by atoms with Gasteiger partial charge in [-0.2, -0.15) is 0 Å². The van der Waals surface area contributed by atoms with Crippen molar-refractivity contribution >= 4 is 23.6 Å². The normalized spacial score (nSPS) is 15.0. The first kappa shape index (κ1) is 18.6. The summed E-state index contributed by atoms with van der Waals surface area (Å²) in [6.45, 7) is 2.15. The van der Waals surface area contributed by atoms with Gasteiger partial charge in [-0.25, -0.2) is 0 Å². The summed E-state index contributed by atoms with van der Waals surface area (Å²) >= 11 is 1.63. The zero-order chi connectivity index (χ0) is 18.2. The van der Waals surface area contributed by atoms with E-state index in [1.54, 1.807) is 17.8 Å². The highest BCUT2D eigenvalue weighted by atomic mass is 32.2. The molecule has 5 nitrogen and oxygen atoms in total. The minimum Gasteiger partial charge on any atom is -0.472 e. The van der Waals surface area contributed by atoms with Crippen LogP contribution < -0.4 is 5.32 Å². The Morgan fingerprint density at radius 3 is 2.62 bits per heavy atom. The number of nitrogens with one attached hydrogen (secondary N) is 1. The van der Waals surface area contributed by atoms with Gasteiger partial charge in [-0.05, 0) is 30.4 Å². The van der Waals surface area contributed by atoms with Crippen molar-refractivity contribution < 1.29 is 14.0 Å². The van der Waals surface area contributed by atoms with Crippen molar-refractivity contribution in [3.8, 4) is 0 Å². The van der Waals surface area contributed by atoms with Gasteiger partial charge < -0.3 is 14.6 Å². The number of hydrogen-bond donors (Lipinski definition) is 1. The molecule has 138 valence electrons. The second-order valence-corrected chi connectivity index (χ2v) is 7.52. The highest BCUT2D eigenvalue weighted by Crippen LogP contribution is 2.19. The van der Waals surface area contributed by atoms with Crippen LogP contribution in [0.3, 0.4) is 0 Å². The molecule has 6 heteroatoms. The van der Waals surface area contributed by atoms with Crippen LogP contribution in [0.5, 0.6) is 0 Å². The zero-order valence-electron chi connectivity index (χ0n) is 14.7. The molecule has 0 radical (unpaired) electrons. The lowest BCUT2D eigenvalue weighted by molar-refractivity contribution is -0.118. The number of carbonyl (C=O) groups is 2. The monoisotopic (exact) mass is 372 g/mol. The average Bonchev–Trinajstić information content (AvgIpc) is 3.22. The van der Waals surface area contributed by atoms with Crippen LogP contribution in [0.1, 0.15) is 28.8 Å². The van der Waals surface area contributed by atoms with E-state index in [2.05, 4.69) is 17.4 Å². The van der Waals surface area contributed by atoms with E-state index in [-0.39, 0.29) is 11.8 Å². The highest BCUT2D eigenvalue weighted by molar-refractivity contribution is 7.99. The Labute approximate surface area is 158 Å². The molecule has 1 aromatic heterocycles. The third-order valence-corrected chi connectivity index (χ3v) is 5.61. The number of piperidine rings is 1. The van der Waals surface area contributed by atoms with E-state index in [4.69, 9.17) is 4.42 Å². The van der Waals surface area contributed by atoms with Crippen molar-refractivity contribution in [2.24, 2.45) is 5.92 Å². The molecule has 0 aliphatic carbocycles. The summed E-state index contributed by atoms with van der Waals surface area (Å²) in [5.41, 5.74) is 1.84. The summed E-state index contributed by atoms with van der Waals surface area (Å²) in [5.74, 6) is 1.88. The first-order valence-electron chi connectivity index (χ1n) is 8.92. The fraction of sp³-hybridized carbons (Fsp3) is 0.400. The summed E-state index contributed by atoms with van der Waals surface area (Å²) in [5, 5.41) is 3.03. The van der Waals surface area contributed by atoms with E-state index in [0.29, 0.717) is 23.8 Å². The first-order valence-corrected chi connectivity index (χ1v) is 10.1. The topological polar surface area (TPSA) is 62.6 Å². The molecule has 1 N–H and O–H groups in total. The molecule has 26 heavy (non-hydrogen) atoms. The number of likely N-dealkylation sites (tertiary alicyclic amines) is 1. The molecule has 0 spiro atoms. The minimum absolute atomic E-state index is 0.0264. The molecular weight excluding hydrogens is 348 g/mol. The van der Waals surface area contributed by atoms with Gasteiger partial charge in [-0.3, -0.25) is 9.59 Å². The summed E-state index contributed by atoms with van der Waals surface area (Å²) < 4.78 is 4.98. The maximum Gasteiger partial charge on any atom is 0.257 e. The molecule has 0 bridgehead atoms. The second-order valence-electron chi connectivity index (χ2n) is 6.53. The molecular formula is C20H24N2O3S. The lowest BCUT2D eigenvalue weighted by atomic mass is 9.96. The lowest BCUT2D eigenvalue weighted by Crippen LogP contribution is -2.41. The molecule has 1 aliphatic rings. The van der Waals surface area contributed by atoms with Crippen molar-refractivity contribution in [2.75, 3.05) is 25.4 Å². The van der Waals surface area contributed by atoms with Crippen LogP contribution >= 0.6 is 11.8 Å². The van der Waals surface area contributed by atoms with Crippen LogP contribution in [0.15, 0.2) is 53.3 Å². The predicted molar refractivity (Wildman–Crippen MR) is 103 cm³/mol. The van der Waals surface area contributed by atoms with Crippen LogP contribution in [0.25, 0.3) is 0 Å². The molecule has 1 aliphatic heterocycles. The van der Waals surface area contributed by atoms with Gasteiger partial charge in [0, 0.05) is 25.4 Å². The van der Waals surface area contributed by atoms with Crippen LogP contribution in [-0.2, 0) is 10.5 Å². The number of benzene rings is 1. The van der Waals surface area contributed by atoms with Crippen molar-refractivity contribution in [1.29, 1.82) is 0 Å². The SMILES string of the molecule is O=C(CSCc1ccccc1)NCC1CCN(C(=O)c2ccoc2)CC1. The van der Waals surface area contributed by atoms with Crippen LogP contribution in [0, 0.1) is 5.92 Å². The Balaban J connectivity index is 1.31. The smallest absolute Gasteiger partial charge is 0.257 e. The number of hydrogen-bond acceptors (Lipinski definition) is 4. The fourth-order valence-electron chi connectivity index (χ4n) is 3.05. The summed E-state index contributed by atoms with van der Waals surface area (Å²) in [6, 6.07) is 11.9. The van der Waals surface area contributed by atoms with E-state index >= 15 is 0 Å². The van der Waals surface area contributed by atoms with Crippen LogP contribution in [-0.4, -0.2) is 42.1 Å². The molecule has 1 aromatic carbocycles. The molecule has 2 heterocycles. The average molecular weight is 372 g/mol. The summed E-state index contributed by atoms with van der Waals surface area (Å²) in [7, 11) is 0. The Morgan fingerprint density at radius 1 is 1.15 bits per heavy atom. The van der Waals surface area contributed by atoms with Crippen molar-refractivity contribution in [2.45, 2.75) is 18.6 Å². The second kappa shape index (κ2) is 9.48. The van der Waals surface area contributed by atoms with Gasteiger partial charge in [0.25, 0.3) is 5.91 Å². The van der Waals surface area contributed by atoms with Crippen molar-refractivity contribution in [1.82, 2.24) is 10.2 Å². The van der Waals surface area contributed by atoms with E-state index in [1.807, 2.05) is 23.1 Å². The van der Waals surface area contributed by atoms with E-state index in [9.17, 15) is 9.59 Å². The molecule has 3 rings (SSSR count). The Hall–Kier alpha value is -2.21. The number of rotatable bonds is 7. The summed E-state index contributed by atoms with van der Waals surface area (Å²) in [4.78, 5) is 26.1. The van der Waals surface area contributed by atoms with Crippen LogP contribution in [0.4, 0.5) is 0 Å². The predicted octanol–water partition coefficient (Wildman–Crippen LogP) is 3.18. The molecule has 0 unspecified atom stereocenters. The maximum atomic E-state index is 12.3. The van der Waals surface area contributed by atoms with Gasteiger partial charge in [0.1, 0.15) is 6.26 Å². The Bertz CT molecular complexity index is 695. The zero-order valence-corrected chi connectivity index (χ0v) is 15.5. The van der Waals surface area contributed by atoms with Crippen LogP contribution in [0.2, 0.25) is 0 Å². The molecule has 0 atom stereocenters. The number of nitrogens with zero attached hydrogens (tertiary/aromatic N) is 1. The van der Waals surface area contributed by atoms with Gasteiger partial charge in [0.15, 0.2) is 0 Å². The van der Waals surface area contributed by atoms with Crippen molar-refractivity contribution in [3.05, 3.63) is 60.1 Å². The van der Waals surface area contributed by atoms with E-state index < -0.39 is 0 Å². The molecule has 1 saturated heterocycles. The standard InChI is InChI=1S/C20H24N2O3S/c23-19(15-26-14-17-4-2-1-3-5-17)21-12-16-6-9-22(10-7-16)20(24)18-8-11-25-13-18/h1-5,8,11,13,16H,6-7,9-10,12,14-15H2,(H,21,23). The van der Waals surface area contributed by atoms with Gasteiger partial charge in [-0.1, -0.05) is 30.3 Å². The number of amides is 2. The van der Waals surface area contributed by atoms with Crippen molar-refractivity contribution in [3.63, 3.8) is 0 Å². The third-order valence-electron chi connectivity index (χ3n) is 4.60. The molecule has 1 fully saturated rings. The first-order chi connectivity index (χ1) is 12.7. The molecule has 2 amide bonds. The largest absolute Gasteiger partial charge is 0.472 e. The van der Waals surface area contributed by atoms with Gasteiger partial charge in [-0.15, -0.1) is 11.8 Å². The Morgan fingerprint density at radius 2 is 1.92 bits per heavy atom. The van der Waals surface area contributed by atoms with Gasteiger partial charge >= 0.3 is 0 Å². The lowest BCUT2D eigenvalue weighted by Gasteiger charge is -2.31. The quantitative estimate of drug-likeness (QED) is 0.811. The number of furan rings is 1.